The lowest BCUT2D eigenvalue weighted by molar-refractivity contribution is 0.0550. The van der Waals surface area contributed by atoms with Crippen LogP contribution in [0.4, 0.5) is 5.69 Å². The maximum atomic E-state index is 5.65. The number of halogens is 1. The molecule has 7 heteroatoms. The predicted octanol–water partition coefficient (Wildman–Crippen LogP) is 4.57. The predicted molar refractivity (Wildman–Crippen MR) is 108 cm³/mol. The summed E-state index contributed by atoms with van der Waals surface area (Å²) in [6.45, 7) is 14.0. The molecule has 2 saturated heterocycles. The van der Waals surface area contributed by atoms with Crippen LogP contribution in [0.3, 0.4) is 0 Å². The molecule has 25 heavy (non-hydrogen) atoms. The van der Waals surface area contributed by atoms with Crippen molar-refractivity contribution in [3.63, 3.8) is 0 Å². The molecule has 2 fully saturated rings. The Balaban J connectivity index is 2.14. The number of ether oxygens (including phenoxy) is 2. The van der Waals surface area contributed by atoms with Crippen molar-refractivity contribution in [2.24, 2.45) is 4.74 Å². The van der Waals surface area contributed by atoms with Gasteiger partial charge in [0.05, 0.1) is 32.1 Å². The molecule has 2 aliphatic heterocycles. The fourth-order valence-electron chi connectivity index (χ4n) is 3.64. The van der Waals surface area contributed by atoms with E-state index in [1.807, 2.05) is 0 Å². The van der Waals surface area contributed by atoms with Crippen molar-refractivity contribution in [2.75, 3.05) is 52.6 Å². The molecule has 0 aliphatic carbocycles. The van der Waals surface area contributed by atoms with Gasteiger partial charge in [-0.05, 0) is 24.3 Å². The highest BCUT2D eigenvalue weighted by molar-refractivity contribution is 9.10. The average Bonchev–Trinajstić information content (AvgIpc) is 2.62. The third-order valence-electron chi connectivity index (χ3n) is 4.75. The minimum atomic E-state index is -1.95. The highest BCUT2D eigenvalue weighted by Crippen LogP contribution is 2.67. The number of benzene rings is 1. The van der Waals surface area contributed by atoms with Crippen LogP contribution in [-0.4, -0.2) is 67.1 Å². The van der Waals surface area contributed by atoms with E-state index >= 15 is 0 Å². The van der Waals surface area contributed by atoms with Crippen LogP contribution in [0.15, 0.2) is 33.5 Å². The Kier molecular flexibility index (Phi) is 6.40. The largest absolute Gasteiger partial charge is 0.379 e. The zero-order chi connectivity index (χ0) is 17.9. The van der Waals surface area contributed by atoms with E-state index in [2.05, 4.69) is 70.3 Å². The van der Waals surface area contributed by atoms with Gasteiger partial charge in [0, 0.05) is 35.8 Å². The Bertz CT molecular complexity index is 596. The van der Waals surface area contributed by atoms with Crippen LogP contribution in [0.25, 0.3) is 0 Å². The van der Waals surface area contributed by atoms with Crippen LogP contribution >= 0.6 is 23.3 Å². The molecule has 1 aromatic carbocycles. The molecular weight excluding hydrogens is 401 g/mol. The summed E-state index contributed by atoms with van der Waals surface area (Å²) in [5.74, 6) is 0. The third-order valence-corrected chi connectivity index (χ3v) is 9.96. The first-order chi connectivity index (χ1) is 11.9. The minimum absolute atomic E-state index is 0.0504. The van der Waals surface area contributed by atoms with Crippen molar-refractivity contribution in [2.45, 2.75) is 25.9 Å². The Morgan fingerprint density at radius 2 is 1.32 bits per heavy atom. The first-order valence-electron chi connectivity index (χ1n) is 8.98. The number of morpholine rings is 2. The van der Waals surface area contributed by atoms with Crippen molar-refractivity contribution in [1.29, 1.82) is 0 Å². The molecule has 3 rings (SSSR count). The smallest absolute Gasteiger partial charge is 0.108 e. The van der Waals surface area contributed by atoms with Gasteiger partial charge in [-0.2, -0.15) is 0 Å². The molecule has 2 aliphatic rings. The van der Waals surface area contributed by atoms with Gasteiger partial charge in [-0.3, -0.25) is 9.34 Å². The molecule has 0 atom stereocenters. The maximum absolute atomic E-state index is 5.65. The van der Waals surface area contributed by atoms with Crippen LogP contribution in [0.2, 0.25) is 0 Å². The highest BCUT2D eigenvalue weighted by Gasteiger charge is 2.45. The summed E-state index contributed by atoms with van der Waals surface area (Å²) in [4.78, 5) is 0. The van der Waals surface area contributed by atoms with Gasteiger partial charge in [-0.25, -0.2) is 4.74 Å². The number of hydrogen-bond acceptors (Lipinski definition) is 3. The quantitative estimate of drug-likeness (QED) is 0.659. The molecule has 140 valence electrons. The molecular formula is C18H29BrN3O2P. The lowest BCUT2D eigenvalue weighted by Crippen LogP contribution is -2.48. The van der Waals surface area contributed by atoms with Crippen molar-refractivity contribution in [3.8, 4) is 0 Å². The standard InChI is InChI=1S/C18H29BrN3O2P/c1-18(2,3)25(21-8-12-23-13-9-21,22-10-14-24-15-11-22)20-17-6-4-16(19)5-7-17/h4-7H,8-15H2,1-3H3. The first-order valence-corrected chi connectivity index (χ1v) is 11.4. The van der Waals surface area contributed by atoms with E-state index in [1.165, 1.54) is 0 Å². The second-order valence-corrected chi connectivity index (χ2v) is 12.2. The van der Waals surface area contributed by atoms with Crippen LogP contribution in [-0.2, 0) is 9.47 Å². The molecule has 5 nitrogen and oxygen atoms in total. The number of nitrogens with zero attached hydrogens (tertiary/aromatic N) is 3. The van der Waals surface area contributed by atoms with E-state index in [-0.39, 0.29) is 5.16 Å². The van der Waals surface area contributed by atoms with Crippen molar-refractivity contribution in [3.05, 3.63) is 28.7 Å². The third kappa shape index (κ3) is 4.20. The van der Waals surface area contributed by atoms with Crippen molar-refractivity contribution in [1.82, 2.24) is 9.34 Å². The SMILES string of the molecule is CC(C)(C)P(=Nc1ccc(Br)cc1)(N1CCOCC1)N1CCOCC1. The van der Waals surface area contributed by atoms with E-state index in [0.29, 0.717) is 0 Å². The Labute approximate surface area is 160 Å². The van der Waals surface area contributed by atoms with Gasteiger partial charge in [0.15, 0.2) is 0 Å². The molecule has 0 saturated carbocycles. The van der Waals surface area contributed by atoms with Crippen LogP contribution < -0.4 is 0 Å². The van der Waals surface area contributed by atoms with Crippen molar-refractivity contribution >= 4 is 29.0 Å². The Hall–Kier alpha value is -0.230. The van der Waals surface area contributed by atoms with Crippen LogP contribution in [0, 0.1) is 0 Å². The van der Waals surface area contributed by atoms with Crippen molar-refractivity contribution < 1.29 is 9.47 Å². The van der Waals surface area contributed by atoms with Gasteiger partial charge < -0.3 is 9.47 Å². The van der Waals surface area contributed by atoms with Gasteiger partial charge in [0.1, 0.15) is 7.36 Å². The van der Waals surface area contributed by atoms with Gasteiger partial charge in [-0.15, -0.1) is 0 Å². The summed E-state index contributed by atoms with van der Waals surface area (Å²) in [7, 11) is -1.95. The second kappa shape index (κ2) is 8.20. The van der Waals surface area contributed by atoms with E-state index in [9.17, 15) is 0 Å². The normalized spacial score (nSPS) is 21.3. The molecule has 0 N–H and O–H groups in total. The molecule has 0 amide bonds. The summed E-state index contributed by atoms with van der Waals surface area (Å²) >= 11 is 3.53. The van der Waals surface area contributed by atoms with E-state index in [0.717, 1.165) is 62.8 Å². The summed E-state index contributed by atoms with van der Waals surface area (Å²) in [6, 6.07) is 8.39. The molecule has 0 unspecified atom stereocenters. The van der Waals surface area contributed by atoms with E-state index in [1.54, 1.807) is 0 Å². The molecule has 0 spiro atoms. The van der Waals surface area contributed by atoms with Gasteiger partial charge in [0.25, 0.3) is 0 Å². The minimum Gasteiger partial charge on any atom is -0.379 e. The lowest BCUT2D eigenvalue weighted by Gasteiger charge is -2.52. The summed E-state index contributed by atoms with van der Waals surface area (Å²) in [5, 5.41) is 0.0504. The van der Waals surface area contributed by atoms with Crippen LogP contribution in [0.5, 0.6) is 0 Å². The van der Waals surface area contributed by atoms with Gasteiger partial charge in [-0.1, -0.05) is 36.7 Å². The molecule has 2 heterocycles. The summed E-state index contributed by atoms with van der Waals surface area (Å²) in [5.41, 5.74) is 1.06. The molecule has 0 bridgehead atoms. The van der Waals surface area contributed by atoms with E-state index in [4.69, 9.17) is 14.2 Å². The number of rotatable bonds is 3. The highest BCUT2D eigenvalue weighted by atomic mass is 79.9. The molecule has 1 aromatic rings. The van der Waals surface area contributed by atoms with E-state index < -0.39 is 7.36 Å². The fourth-order valence-corrected chi connectivity index (χ4v) is 8.41. The average molecular weight is 430 g/mol. The maximum Gasteiger partial charge on any atom is 0.108 e. The van der Waals surface area contributed by atoms with Gasteiger partial charge >= 0.3 is 0 Å². The topological polar surface area (TPSA) is 37.3 Å². The molecule has 0 radical (unpaired) electrons. The second-order valence-electron chi connectivity index (χ2n) is 7.45. The first kappa shape index (κ1) is 19.5. The zero-order valence-electron chi connectivity index (χ0n) is 15.4. The summed E-state index contributed by atoms with van der Waals surface area (Å²) in [6.07, 6.45) is 0. The Morgan fingerprint density at radius 3 is 1.72 bits per heavy atom. The Morgan fingerprint density at radius 1 is 0.880 bits per heavy atom. The lowest BCUT2D eigenvalue weighted by atomic mass is 10.3. The van der Waals surface area contributed by atoms with Gasteiger partial charge in [0.2, 0.25) is 0 Å². The zero-order valence-corrected chi connectivity index (χ0v) is 17.9. The van der Waals surface area contributed by atoms with Crippen LogP contribution in [0.1, 0.15) is 20.8 Å². The summed E-state index contributed by atoms with van der Waals surface area (Å²) < 4.78 is 23.1. The molecule has 0 aromatic heterocycles. The number of hydrogen-bond donors (Lipinski definition) is 0. The monoisotopic (exact) mass is 429 g/mol. The fraction of sp³-hybridized carbons (Fsp3) is 0.667.